The van der Waals surface area contributed by atoms with Crippen LogP contribution in [0.2, 0.25) is 0 Å². The van der Waals surface area contributed by atoms with Crippen LogP contribution < -0.4 is 27.4 Å². The van der Waals surface area contributed by atoms with Crippen LogP contribution in [0.5, 0.6) is 0 Å². The Hall–Kier alpha value is -2.73. The Kier molecular flexibility index (Phi) is 11.6. The first-order chi connectivity index (χ1) is 13.8. The smallest absolute Gasteiger partial charge is 0.325 e. The molecule has 0 aromatic rings. The highest BCUT2D eigenvalue weighted by molar-refractivity contribution is 5.94. The zero-order valence-electron chi connectivity index (χ0n) is 17.7. The van der Waals surface area contributed by atoms with Gasteiger partial charge in [-0.3, -0.25) is 24.0 Å². The molecule has 0 aliphatic rings. The second kappa shape index (κ2) is 12.8. The first kappa shape index (κ1) is 27.3. The van der Waals surface area contributed by atoms with Gasteiger partial charge >= 0.3 is 5.97 Å². The molecule has 0 aromatic carbocycles. The molecule has 0 fully saturated rings. The second-order valence-corrected chi connectivity index (χ2v) is 7.27. The summed E-state index contributed by atoms with van der Waals surface area (Å²) in [6, 6.07) is -4.80. The van der Waals surface area contributed by atoms with Gasteiger partial charge in [-0.2, -0.15) is 0 Å². The number of aliphatic hydroxyl groups excluding tert-OH is 1. The van der Waals surface area contributed by atoms with Crippen molar-refractivity contribution in [3.8, 4) is 0 Å². The molecule has 0 aliphatic heterocycles. The van der Waals surface area contributed by atoms with Gasteiger partial charge in [-0.15, -0.1) is 0 Å². The van der Waals surface area contributed by atoms with Crippen molar-refractivity contribution in [2.45, 2.75) is 77.2 Å². The molecule has 4 amide bonds. The molecule has 30 heavy (non-hydrogen) atoms. The normalized spacial score (nSPS) is 16.9. The number of carbonyl (C=O) groups is 5. The molecule has 9 N–H and O–H groups in total. The third-order valence-corrected chi connectivity index (χ3v) is 4.66. The number of carboxylic acids is 1. The topological polar surface area (TPSA) is 214 Å². The van der Waals surface area contributed by atoms with Gasteiger partial charge in [0, 0.05) is 6.42 Å². The number of carboxylic acid groups (broad SMARTS) is 1. The number of carbonyl (C=O) groups excluding carboxylic acids is 4. The average Bonchev–Trinajstić information content (AvgIpc) is 2.66. The van der Waals surface area contributed by atoms with E-state index in [0.29, 0.717) is 6.42 Å². The van der Waals surface area contributed by atoms with Crippen molar-refractivity contribution in [3.05, 3.63) is 0 Å². The van der Waals surface area contributed by atoms with Crippen molar-refractivity contribution in [3.63, 3.8) is 0 Å². The van der Waals surface area contributed by atoms with Gasteiger partial charge in [0.05, 0.1) is 6.10 Å². The molecule has 0 spiro atoms. The van der Waals surface area contributed by atoms with Crippen LogP contribution in [-0.2, 0) is 24.0 Å². The summed E-state index contributed by atoms with van der Waals surface area (Å²) in [5.74, 6) is -4.59. The van der Waals surface area contributed by atoms with Crippen LogP contribution in [0.25, 0.3) is 0 Å². The van der Waals surface area contributed by atoms with Crippen molar-refractivity contribution < 1.29 is 34.2 Å². The molecule has 6 unspecified atom stereocenters. The summed E-state index contributed by atoms with van der Waals surface area (Å²) in [5, 5.41) is 25.6. The van der Waals surface area contributed by atoms with E-state index in [0.717, 1.165) is 0 Å². The van der Waals surface area contributed by atoms with Crippen molar-refractivity contribution in [2.24, 2.45) is 17.4 Å². The highest BCUT2D eigenvalue weighted by atomic mass is 16.4. The molecule has 0 saturated carbocycles. The predicted octanol–water partition coefficient (Wildman–Crippen LogP) is -2.43. The Labute approximate surface area is 175 Å². The van der Waals surface area contributed by atoms with Crippen LogP contribution in [0.4, 0.5) is 0 Å². The molecule has 0 saturated heterocycles. The van der Waals surface area contributed by atoms with E-state index < -0.39 is 59.9 Å². The SMILES string of the molecule is CCC(C)C(NC(=O)C(CCC(N)=O)NC(=O)C(N)C(C)O)C(=O)NC(C)C(=O)O. The molecular formula is C18H33N5O7. The number of primary amides is 1. The van der Waals surface area contributed by atoms with Crippen molar-refractivity contribution in [1.82, 2.24) is 16.0 Å². The van der Waals surface area contributed by atoms with E-state index in [9.17, 15) is 29.1 Å². The molecule has 0 radical (unpaired) electrons. The standard InChI is InChI=1S/C18H33N5O7/c1-5-8(2)14(17(28)21-9(3)18(29)30)23-15(26)11(6-7-12(19)25)22-16(27)13(20)10(4)24/h8-11,13-14,24H,5-7,20H2,1-4H3,(H2,19,25)(H,21,28)(H,22,27)(H,23,26)(H,29,30). The molecule has 12 heteroatoms. The fraction of sp³-hybridized carbons (Fsp3) is 0.722. The van der Waals surface area contributed by atoms with Crippen LogP contribution in [0, 0.1) is 5.92 Å². The summed E-state index contributed by atoms with van der Waals surface area (Å²) < 4.78 is 0. The third kappa shape index (κ3) is 9.18. The van der Waals surface area contributed by atoms with Gasteiger partial charge < -0.3 is 37.6 Å². The summed E-state index contributed by atoms with van der Waals surface area (Å²) in [4.78, 5) is 59.5. The molecule has 0 aliphatic carbocycles. The minimum Gasteiger partial charge on any atom is -0.480 e. The van der Waals surface area contributed by atoms with Gasteiger partial charge in [-0.1, -0.05) is 20.3 Å². The summed E-state index contributed by atoms with van der Waals surface area (Å²) in [5.41, 5.74) is 10.7. The van der Waals surface area contributed by atoms with E-state index in [4.69, 9.17) is 16.6 Å². The van der Waals surface area contributed by atoms with Gasteiger partial charge in [-0.25, -0.2) is 0 Å². The molecule has 0 heterocycles. The summed E-state index contributed by atoms with van der Waals surface area (Å²) in [7, 11) is 0. The Balaban J connectivity index is 5.48. The van der Waals surface area contributed by atoms with Crippen LogP contribution >= 0.6 is 0 Å². The van der Waals surface area contributed by atoms with Gasteiger partial charge in [0.2, 0.25) is 23.6 Å². The number of hydrogen-bond donors (Lipinski definition) is 7. The van der Waals surface area contributed by atoms with E-state index in [-0.39, 0.29) is 18.8 Å². The Morgan fingerprint density at radius 2 is 1.50 bits per heavy atom. The number of amides is 4. The minimum atomic E-state index is -1.31. The Morgan fingerprint density at radius 3 is 1.93 bits per heavy atom. The number of hydrogen-bond acceptors (Lipinski definition) is 7. The number of nitrogens with one attached hydrogen (secondary N) is 3. The lowest BCUT2D eigenvalue weighted by Gasteiger charge is -2.27. The summed E-state index contributed by atoms with van der Waals surface area (Å²) >= 11 is 0. The van der Waals surface area contributed by atoms with Crippen LogP contribution in [-0.4, -0.2) is 70.1 Å². The van der Waals surface area contributed by atoms with Crippen molar-refractivity contribution in [1.29, 1.82) is 0 Å². The Morgan fingerprint density at radius 1 is 0.933 bits per heavy atom. The molecule has 12 nitrogen and oxygen atoms in total. The maximum absolute atomic E-state index is 12.8. The monoisotopic (exact) mass is 431 g/mol. The first-order valence-corrected chi connectivity index (χ1v) is 9.67. The molecule has 6 atom stereocenters. The average molecular weight is 431 g/mol. The Bertz CT molecular complexity index is 640. The highest BCUT2D eigenvalue weighted by Crippen LogP contribution is 2.10. The van der Waals surface area contributed by atoms with Gasteiger partial charge in [0.1, 0.15) is 24.2 Å². The van der Waals surface area contributed by atoms with Crippen LogP contribution in [0.3, 0.4) is 0 Å². The maximum Gasteiger partial charge on any atom is 0.325 e. The fourth-order valence-corrected chi connectivity index (χ4v) is 2.36. The van der Waals surface area contributed by atoms with E-state index in [1.165, 1.54) is 13.8 Å². The molecule has 0 rings (SSSR count). The molecule has 0 bridgehead atoms. The summed E-state index contributed by atoms with van der Waals surface area (Å²) in [6.45, 7) is 6.06. The number of nitrogens with two attached hydrogens (primary N) is 2. The number of rotatable bonds is 13. The lowest BCUT2D eigenvalue weighted by atomic mass is 9.97. The predicted molar refractivity (Wildman–Crippen MR) is 107 cm³/mol. The second-order valence-electron chi connectivity index (χ2n) is 7.27. The largest absolute Gasteiger partial charge is 0.480 e. The van der Waals surface area contributed by atoms with Gasteiger partial charge in [0.25, 0.3) is 0 Å². The van der Waals surface area contributed by atoms with E-state index in [1.807, 2.05) is 0 Å². The lowest BCUT2D eigenvalue weighted by molar-refractivity contribution is -0.142. The van der Waals surface area contributed by atoms with E-state index >= 15 is 0 Å². The summed E-state index contributed by atoms with van der Waals surface area (Å²) in [6.07, 6.45) is -1.07. The number of aliphatic hydroxyl groups is 1. The minimum absolute atomic E-state index is 0.153. The quantitative estimate of drug-likeness (QED) is 0.166. The zero-order chi connectivity index (χ0) is 23.6. The maximum atomic E-state index is 12.8. The van der Waals surface area contributed by atoms with Crippen LogP contribution in [0.15, 0.2) is 0 Å². The molecule has 172 valence electrons. The van der Waals surface area contributed by atoms with Crippen molar-refractivity contribution in [2.75, 3.05) is 0 Å². The van der Waals surface area contributed by atoms with E-state index in [2.05, 4.69) is 16.0 Å². The third-order valence-electron chi connectivity index (χ3n) is 4.66. The molecular weight excluding hydrogens is 398 g/mol. The first-order valence-electron chi connectivity index (χ1n) is 9.67. The zero-order valence-corrected chi connectivity index (χ0v) is 17.7. The fourth-order valence-electron chi connectivity index (χ4n) is 2.36. The van der Waals surface area contributed by atoms with Crippen molar-refractivity contribution >= 4 is 29.6 Å². The van der Waals surface area contributed by atoms with Gasteiger partial charge in [-0.05, 0) is 26.2 Å². The van der Waals surface area contributed by atoms with E-state index in [1.54, 1.807) is 13.8 Å². The highest BCUT2D eigenvalue weighted by Gasteiger charge is 2.32. The molecule has 0 aromatic heterocycles. The van der Waals surface area contributed by atoms with Crippen LogP contribution in [0.1, 0.15) is 47.0 Å². The van der Waals surface area contributed by atoms with Gasteiger partial charge in [0.15, 0.2) is 0 Å². The number of aliphatic carboxylic acids is 1. The lowest BCUT2D eigenvalue weighted by Crippen LogP contribution is -2.59.